The zero-order chi connectivity index (χ0) is 68.6. The lowest BCUT2D eigenvalue weighted by Crippen LogP contribution is -2.18. The molecule has 42 heteroatoms. The third-order valence-electron chi connectivity index (χ3n) is 11.7. The number of halogens is 36. The summed E-state index contributed by atoms with van der Waals surface area (Å²) in [5.74, 6) is 0. The molecule has 6 nitrogen and oxygen atoms in total. The highest BCUT2D eigenvalue weighted by Crippen LogP contribution is 2.60. The van der Waals surface area contributed by atoms with Gasteiger partial charge < -0.3 is 0 Å². The summed E-state index contributed by atoms with van der Waals surface area (Å²) in [5.41, 5.74) is -72.6. The Balaban J connectivity index is 2.20. The van der Waals surface area contributed by atoms with E-state index >= 15 is 0 Å². The van der Waals surface area contributed by atoms with Crippen molar-refractivity contribution in [2.45, 2.75) is 74.1 Å². The van der Waals surface area contributed by atoms with Gasteiger partial charge in [-0.3, -0.25) is 0 Å². The summed E-state index contributed by atoms with van der Waals surface area (Å²) in [4.78, 5) is 12.8. The SMILES string of the molecule is FC(F)(F)c1cc(-c2c(-c3cc(C(F)(F)F)nc(C(F)(F)F)c3)c(-c3cc(C(F)(F)F)nc(C(F)(F)F)c3)c(-c3cc(C(F)(F)F)nc(C(F)(F)F)c3)c(-c3cc(C(F)(F)F)nc(C(F)(F)F)c3)c2-c2cc(C(F)(F)F)nc(C(F)(F)F)c2)cc(C(F)(F)F)n1. The predicted molar refractivity (Wildman–Crippen MR) is 226 cm³/mol. The molecule has 0 fully saturated rings. The van der Waals surface area contributed by atoms with Crippen molar-refractivity contribution in [3.8, 4) is 66.8 Å². The van der Waals surface area contributed by atoms with Crippen LogP contribution in [0.5, 0.6) is 0 Å². The van der Waals surface area contributed by atoms with Crippen molar-refractivity contribution in [2.24, 2.45) is 0 Å². The van der Waals surface area contributed by atoms with Gasteiger partial charge in [-0.05, 0) is 140 Å². The molecule has 7 rings (SSSR count). The molecule has 90 heavy (non-hydrogen) atoms. The smallest absolute Gasteiger partial charge is 0.239 e. The molecule has 0 atom stereocenters. The van der Waals surface area contributed by atoms with E-state index in [9.17, 15) is 158 Å². The number of nitrogens with zero attached hydrogens (tertiary/aromatic N) is 6. The minimum atomic E-state index is -6.63. The molecule has 0 amide bonds. The Labute approximate surface area is 469 Å². The van der Waals surface area contributed by atoms with E-state index in [2.05, 4.69) is 29.9 Å². The van der Waals surface area contributed by atoms with Crippen LogP contribution >= 0.6 is 0 Å². The van der Waals surface area contributed by atoms with E-state index < -0.39 is 282 Å². The molecular weight excluding hydrogens is 1340 g/mol. The maximum absolute atomic E-state index is 14.9. The van der Waals surface area contributed by atoms with Crippen LogP contribution in [-0.2, 0) is 74.1 Å². The van der Waals surface area contributed by atoms with Crippen LogP contribution in [0.1, 0.15) is 68.3 Å². The van der Waals surface area contributed by atoms with E-state index in [0.717, 1.165) is 0 Å². The third-order valence-corrected chi connectivity index (χ3v) is 11.7. The summed E-state index contributed by atoms with van der Waals surface area (Å²) in [7, 11) is 0. The third kappa shape index (κ3) is 14.6. The second kappa shape index (κ2) is 21.6. The van der Waals surface area contributed by atoms with Crippen molar-refractivity contribution >= 4 is 0 Å². The van der Waals surface area contributed by atoms with Crippen LogP contribution in [0.3, 0.4) is 0 Å². The molecule has 7 aromatic rings. The van der Waals surface area contributed by atoms with E-state index in [1.165, 1.54) is 0 Å². The predicted octanol–water partition coefficient (Wildman–Crippen LogP) is 20.3. The van der Waals surface area contributed by atoms with Crippen molar-refractivity contribution in [2.75, 3.05) is 0 Å². The molecular formula is C48H12F36N6. The Morgan fingerprint density at radius 1 is 0.133 bits per heavy atom. The monoisotopic (exact) mass is 1360 g/mol. The van der Waals surface area contributed by atoms with Crippen molar-refractivity contribution < 1.29 is 158 Å². The zero-order valence-electron chi connectivity index (χ0n) is 41.2. The quantitative estimate of drug-likeness (QED) is 0.154. The highest BCUT2D eigenvalue weighted by atomic mass is 19.5. The van der Waals surface area contributed by atoms with E-state index in [1.54, 1.807) is 0 Å². The lowest BCUT2D eigenvalue weighted by Gasteiger charge is -2.30. The van der Waals surface area contributed by atoms with Crippen molar-refractivity contribution in [3.63, 3.8) is 0 Å². The highest BCUT2D eigenvalue weighted by Gasteiger charge is 2.48. The first-order valence-corrected chi connectivity index (χ1v) is 22.4. The second-order valence-electron chi connectivity index (χ2n) is 18.0. The Morgan fingerprint density at radius 2 is 0.200 bits per heavy atom. The van der Waals surface area contributed by atoms with Crippen molar-refractivity contribution in [3.05, 3.63) is 141 Å². The van der Waals surface area contributed by atoms with Crippen molar-refractivity contribution in [1.82, 2.24) is 29.9 Å². The van der Waals surface area contributed by atoms with Crippen LogP contribution in [0.25, 0.3) is 66.8 Å². The highest BCUT2D eigenvalue weighted by molar-refractivity contribution is 6.15. The van der Waals surface area contributed by atoms with Gasteiger partial charge in [-0.2, -0.15) is 158 Å². The molecule has 486 valence electrons. The summed E-state index contributed by atoms with van der Waals surface area (Å²) < 4.78 is 537. The molecule has 0 radical (unpaired) electrons. The van der Waals surface area contributed by atoms with E-state index in [1.807, 2.05) is 0 Å². The van der Waals surface area contributed by atoms with Crippen LogP contribution in [0.4, 0.5) is 158 Å². The van der Waals surface area contributed by atoms with Crippen LogP contribution in [0, 0.1) is 0 Å². The number of alkyl halides is 36. The van der Waals surface area contributed by atoms with Gasteiger partial charge in [-0.25, -0.2) is 29.9 Å². The van der Waals surface area contributed by atoms with E-state index in [0.29, 0.717) is 0 Å². The summed E-state index contributed by atoms with van der Waals surface area (Å²) in [6.45, 7) is 0. The number of hydrogen-bond acceptors (Lipinski definition) is 6. The Hall–Kier alpha value is -8.40. The fourth-order valence-electron chi connectivity index (χ4n) is 8.27. The van der Waals surface area contributed by atoms with Gasteiger partial charge in [-0.1, -0.05) is 0 Å². The average molecular weight is 1360 g/mol. The molecule has 1 aromatic carbocycles. The minimum Gasteiger partial charge on any atom is -0.239 e. The average Bonchev–Trinajstić information content (AvgIpc) is 0.704. The molecule has 0 bridgehead atoms. The van der Waals surface area contributed by atoms with Gasteiger partial charge in [0, 0.05) is 0 Å². The molecule has 0 aliphatic carbocycles. The molecule has 0 unspecified atom stereocenters. The molecule has 6 heterocycles. The molecule has 0 aliphatic rings. The minimum absolute atomic E-state index is 1.09. The number of pyridine rings is 6. The molecule has 0 N–H and O–H groups in total. The van der Waals surface area contributed by atoms with Crippen LogP contribution in [0.15, 0.2) is 72.8 Å². The lowest BCUT2D eigenvalue weighted by atomic mass is 9.73. The van der Waals surface area contributed by atoms with E-state index in [4.69, 9.17) is 0 Å². The largest absolute Gasteiger partial charge is 0.433 e. The number of hydrogen-bond donors (Lipinski definition) is 0. The Morgan fingerprint density at radius 3 is 0.256 bits per heavy atom. The van der Waals surface area contributed by atoms with Gasteiger partial charge >= 0.3 is 74.1 Å². The standard InChI is InChI=1S/C48H12F36N6/c49-37(50,51)19-1-13(2-20(85-19)38(52,53)54)31-32(14-3-21(39(55,56)57)86-22(4-14)40(58,59)60)34(16-7-25(43(67,68)69)88-26(8-16)44(70,71)72)36(18-11-29(47(79,80)81)90-30(12-18)48(82,83)84)35(17-9-27(45(73,74)75)89-28(10-17)46(76,77)78)33(31)15-5-23(41(61,62)63)87-24(6-15)42(64,65)66/h1-12H. The number of aromatic nitrogens is 6. The van der Waals surface area contributed by atoms with Crippen LogP contribution in [0.2, 0.25) is 0 Å². The van der Waals surface area contributed by atoms with Crippen molar-refractivity contribution in [1.29, 1.82) is 0 Å². The Kier molecular flexibility index (Phi) is 16.6. The molecule has 6 aromatic heterocycles. The first-order valence-electron chi connectivity index (χ1n) is 22.4. The summed E-state index contributed by atoms with van der Waals surface area (Å²) in [6.07, 6.45) is -79.5. The molecule has 0 aliphatic heterocycles. The maximum Gasteiger partial charge on any atom is 0.433 e. The topological polar surface area (TPSA) is 77.3 Å². The molecule has 0 saturated heterocycles. The normalized spacial score (nSPS) is 14.0. The first kappa shape index (κ1) is 69.1. The summed E-state index contributed by atoms with van der Waals surface area (Å²) in [5, 5.41) is 0. The van der Waals surface area contributed by atoms with Crippen LogP contribution < -0.4 is 0 Å². The fourth-order valence-corrected chi connectivity index (χ4v) is 8.27. The zero-order valence-corrected chi connectivity index (χ0v) is 41.2. The molecule has 0 spiro atoms. The first-order chi connectivity index (χ1) is 40.2. The van der Waals surface area contributed by atoms with Gasteiger partial charge in [0.25, 0.3) is 0 Å². The second-order valence-corrected chi connectivity index (χ2v) is 18.0. The van der Waals surface area contributed by atoms with Gasteiger partial charge in [0.1, 0.15) is 68.3 Å². The summed E-state index contributed by atoms with van der Waals surface area (Å²) >= 11 is 0. The number of benzene rings is 1. The fraction of sp³-hybridized carbons (Fsp3) is 0.250. The van der Waals surface area contributed by atoms with Gasteiger partial charge in [0.15, 0.2) is 0 Å². The number of rotatable bonds is 6. The Bertz CT molecular complexity index is 3060. The van der Waals surface area contributed by atoms with Crippen LogP contribution in [-0.4, -0.2) is 29.9 Å². The van der Waals surface area contributed by atoms with Gasteiger partial charge in [0.05, 0.1) is 0 Å². The van der Waals surface area contributed by atoms with E-state index in [-0.39, 0.29) is 0 Å². The van der Waals surface area contributed by atoms with Gasteiger partial charge in [-0.15, -0.1) is 0 Å². The lowest BCUT2D eigenvalue weighted by molar-refractivity contribution is -0.151. The maximum atomic E-state index is 14.9. The molecule has 0 saturated carbocycles. The summed E-state index contributed by atoms with van der Waals surface area (Å²) in [6, 6.07) is -13.0. The van der Waals surface area contributed by atoms with Gasteiger partial charge in [0.2, 0.25) is 0 Å².